The highest BCUT2D eigenvalue weighted by molar-refractivity contribution is 6.02. The van der Waals surface area contributed by atoms with Crippen molar-refractivity contribution in [2.24, 2.45) is 5.73 Å². The number of carbonyl (C=O) groups is 1. The molecule has 1 aromatic carbocycles. The fourth-order valence-electron chi connectivity index (χ4n) is 4.43. The number of aromatic nitrogens is 1. The molecule has 0 bridgehead atoms. The second kappa shape index (κ2) is 9.34. The second-order valence-electron chi connectivity index (χ2n) is 8.24. The summed E-state index contributed by atoms with van der Waals surface area (Å²) in [5, 5.41) is 0.0630. The highest BCUT2D eigenvalue weighted by Gasteiger charge is 2.32. The number of morpholine rings is 1. The van der Waals surface area contributed by atoms with Crippen LogP contribution in [0.2, 0.25) is 0 Å². The van der Waals surface area contributed by atoms with Crippen LogP contribution in [0.3, 0.4) is 0 Å². The van der Waals surface area contributed by atoms with Crippen LogP contribution < -0.4 is 20.8 Å². The number of pyridine rings is 1. The Balaban J connectivity index is 2.04. The van der Waals surface area contributed by atoms with Gasteiger partial charge in [0.2, 0.25) is 5.43 Å². The van der Waals surface area contributed by atoms with E-state index in [2.05, 4.69) is 6.58 Å². The quantitative estimate of drug-likeness (QED) is 0.723. The molecule has 0 aliphatic carbocycles. The summed E-state index contributed by atoms with van der Waals surface area (Å²) >= 11 is 0. The predicted octanol–water partition coefficient (Wildman–Crippen LogP) is 3.42. The van der Waals surface area contributed by atoms with Crippen LogP contribution in [0.25, 0.3) is 16.6 Å². The Kier molecular flexibility index (Phi) is 6.47. The van der Waals surface area contributed by atoms with Gasteiger partial charge in [-0.15, -0.1) is 0 Å². The summed E-state index contributed by atoms with van der Waals surface area (Å²) in [4.78, 5) is 30.0. The van der Waals surface area contributed by atoms with Crippen molar-refractivity contribution < 1.29 is 18.7 Å². The molecule has 1 fully saturated rings. The van der Waals surface area contributed by atoms with E-state index >= 15 is 4.39 Å². The summed E-state index contributed by atoms with van der Waals surface area (Å²) in [5.41, 5.74) is 6.93. The molecule has 2 aliphatic heterocycles. The van der Waals surface area contributed by atoms with Crippen molar-refractivity contribution in [1.29, 1.82) is 0 Å². The fraction of sp³-hybridized carbons (Fsp3) is 0.360. The zero-order chi connectivity index (χ0) is 24.6. The maximum absolute atomic E-state index is 15.7. The molecule has 3 heterocycles. The number of ether oxygens (including phenoxy) is 2. The van der Waals surface area contributed by atoms with Crippen molar-refractivity contribution >= 4 is 28.2 Å². The number of amides is 1. The number of nitrogens with zero attached hydrogens (tertiary/aromatic N) is 3. The number of nitrogens with two attached hydrogens (primary N) is 1. The molecule has 1 amide bonds. The van der Waals surface area contributed by atoms with Gasteiger partial charge in [-0.1, -0.05) is 19.6 Å². The molecule has 0 spiro atoms. The van der Waals surface area contributed by atoms with Gasteiger partial charge < -0.3 is 29.6 Å². The summed E-state index contributed by atoms with van der Waals surface area (Å²) in [6.07, 6.45) is 5.41. The van der Waals surface area contributed by atoms with Crippen molar-refractivity contribution in [1.82, 2.24) is 9.47 Å². The van der Waals surface area contributed by atoms with Gasteiger partial charge in [-0.3, -0.25) is 9.59 Å². The zero-order valence-electron chi connectivity index (χ0n) is 19.7. The Bertz CT molecular complexity index is 1290. The third-order valence-electron chi connectivity index (χ3n) is 6.13. The van der Waals surface area contributed by atoms with Crippen LogP contribution in [0, 0.1) is 5.82 Å². The van der Waals surface area contributed by atoms with Crippen LogP contribution >= 0.6 is 0 Å². The molecule has 2 aliphatic rings. The Hall–Kier alpha value is -3.59. The van der Waals surface area contributed by atoms with E-state index in [1.54, 1.807) is 34.3 Å². The van der Waals surface area contributed by atoms with Gasteiger partial charge in [0, 0.05) is 37.7 Å². The maximum atomic E-state index is 15.7. The Labute approximate surface area is 197 Å². The molecule has 1 aromatic heterocycles. The number of halogens is 1. The van der Waals surface area contributed by atoms with Crippen LogP contribution in [-0.2, 0) is 4.74 Å². The van der Waals surface area contributed by atoms with Crippen LogP contribution in [0.1, 0.15) is 37.6 Å². The summed E-state index contributed by atoms with van der Waals surface area (Å²) < 4.78 is 28.7. The van der Waals surface area contributed by atoms with E-state index < -0.39 is 17.2 Å². The average molecular weight is 469 g/mol. The molecule has 2 N–H and O–H groups in total. The van der Waals surface area contributed by atoms with Crippen LogP contribution in [0.5, 0.6) is 5.75 Å². The maximum Gasteiger partial charge on any atom is 0.259 e. The summed E-state index contributed by atoms with van der Waals surface area (Å²) in [6, 6.07) is 1.18. The highest BCUT2D eigenvalue weighted by Crippen LogP contribution is 2.45. The minimum atomic E-state index is -0.645. The van der Waals surface area contributed by atoms with Crippen molar-refractivity contribution in [2.45, 2.75) is 27.2 Å². The first kappa shape index (κ1) is 23.6. The van der Waals surface area contributed by atoms with Crippen molar-refractivity contribution in [3.63, 3.8) is 0 Å². The monoisotopic (exact) mass is 468 g/mol. The average Bonchev–Trinajstić information content (AvgIpc) is 2.84. The minimum Gasteiger partial charge on any atom is -0.451 e. The first-order chi connectivity index (χ1) is 16.3. The Morgan fingerprint density at radius 3 is 2.68 bits per heavy atom. The fourth-order valence-corrected chi connectivity index (χ4v) is 4.43. The van der Waals surface area contributed by atoms with Crippen LogP contribution in [0.15, 0.2) is 47.4 Å². The smallest absolute Gasteiger partial charge is 0.259 e. The molecular weight excluding hydrogens is 439 g/mol. The first-order valence-corrected chi connectivity index (χ1v) is 11.3. The van der Waals surface area contributed by atoms with Gasteiger partial charge in [0.05, 0.1) is 24.3 Å². The molecule has 9 heteroatoms. The lowest BCUT2D eigenvalue weighted by atomic mass is 10.0. The summed E-state index contributed by atoms with van der Waals surface area (Å²) in [7, 11) is 0. The molecule has 8 nitrogen and oxygen atoms in total. The van der Waals surface area contributed by atoms with Gasteiger partial charge in [0.1, 0.15) is 22.5 Å². The van der Waals surface area contributed by atoms with Crippen molar-refractivity contribution in [3.05, 3.63) is 64.2 Å². The number of carbonyl (C=O) groups excluding carboxylic acids is 1. The SMILES string of the molecule is C=C1Oc2c(N(CCC)/C(C)=C\N)c(F)cc3c(=O)c(C(=O)N4CCOCC4)cn(c23)/C1=C/C. The molecule has 0 atom stereocenters. The van der Waals surface area contributed by atoms with Crippen LogP contribution in [0.4, 0.5) is 10.1 Å². The first-order valence-electron chi connectivity index (χ1n) is 11.3. The zero-order valence-corrected chi connectivity index (χ0v) is 19.7. The highest BCUT2D eigenvalue weighted by atomic mass is 19.1. The van der Waals surface area contributed by atoms with E-state index in [-0.39, 0.29) is 28.1 Å². The topological polar surface area (TPSA) is 90.0 Å². The standard InChI is InChI=1S/C25H29FN4O4/c1-5-7-29(15(3)13-27)22-19(26)12-17-21-24(22)34-16(4)20(6-2)30(21)14-18(23(17)31)25(32)28-8-10-33-11-9-28/h6,12-14H,4-5,7-11,27H2,1-3H3/b15-13-,20-6+. The predicted molar refractivity (Wildman–Crippen MR) is 130 cm³/mol. The molecule has 4 rings (SSSR count). The Morgan fingerprint density at radius 1 is 1.35 bits per heavy atom. The number of hydrogen-bond acceptors (Lipinski definition) is 6. The molecule has 0 saturated carbocycles. The molecule has 2 aromatic rings. The number of benzene rings is 1. The van der Waals surface area contributed by atoms with E-state index in [1.165, 1.54) is 18.5 Å². The third kappa shape index (κ3) is 3.75. The van der Waals surface area contributed by atoms with Gasteiger partial charge in [-0.05, 0) is 26.3 Å². The van der Waals surface area contributed by atoms with Gasteiger partial charge >= 0.3 is 0 Å². The molecule has 34 heavy (non-hydrogen) atoms. The van der Waals surface area contributed by atoms with Crippen LogP contribution in [-0.4, -0.2) is 48.2 Å². The molecule has 1 saturated heterocycles. The number of hydrogen-bond donors (Lipinski definition) is 1. The van der Waals surface area contributed by atoms with Gasteiger partial charge in [-0.2, -0.15) is 0 Å². The lowest BCUT2D eigenvalue weighted by molar-refractivity contribution is 0.0302. The van der Waals surface area contributed by atoms with E-state index in [1.807, 2.05) is 6.92 Å². The van der Waals surface area contributed by atoms with Crippen molar-refractivity contribution in [3.8, 4) is 5.75 Å². The lowest BCUT2D eigenvalue weighted by Crippen LogP contribution is -2.42. The summed E-state index contributed by atoms with van der Waals surface area (Å²) in [5.74, 6) is -0.606. The number of rotatable bonds is 5. The molecule has 180 valence electrons. The molecule has 0 radical (unpaired) electrons. The van der Waals surface area contributed by atoms with E-state index in [9.17, 15) is 9.59 Å². The summed E-state index contributed by atoms with van der Waals surface area (Å²) in [6.45, 7) is 11.6. The molecule has 0 unspecified atom stereocenters. The van der Waals surface area contributed by atoms with Crippen molar-refractivity contribution in [2.75, 3.05) is 37.7 Å². The second-order valence-corrected chi connectivity index (χ2v) is 8.24. The third-order valence-corrected chi connectivity index (χ3v) is 6.13. The van der Waals surface area contributed by atoms with Gasteiger partial charge in [-0.25, -0.2) is 4.39 Å². The minimum absolute atomic E-state index is 0.0370. The number of allylic oxidation sites excluding steroid dienone is 3. The lowest BCUT2D eigenvalue weighted by Gasteiger charge is -2.32. The Morgan fingerprint density at radius 2 is 2.06 bits per heavy atom. The largest absolute Gasteiger partial charge is 0.451 e. The van der Waals surface area contributed by atoms with E-state index in [0.717, 1.165) is 6.42 Å². The van der Waals surface area contributed by atoms with Gasteiger partial charge in [0.15, 0.2) is 11.6 Å². The number of anilines is 1. The van der Waals surface area contributed by atoms with E-state index in [0.29, 0.717) is 49.8 Å². The van der Waals surface area contributed by atoms with Gasteiger partial charge in [0.25, 0.3) is 5.91 Å². The van der Waals surface area contributed by atoms with E-state index in [4.69, 9.17) is 15.2 Å². The molecular formula is C25H29FN4O4. The normalized spacial score (nSPS) is 17.3.